The minimum Gasteiger partial charge on any atom is -0.459 e. The fourth-order valence-corrected chi connectivity index (χ4v) is 3.66. The predicted octanol–water partition coefficient (Wildman–Crippen LogP) is 4.26. The van der Waals surface area contributed by atoms with E-state index in [1.807, 2.05) is 11.9 Å². The molecule has 3 rings (SSSR count). The minimum atomic E-state index is -4.71. The number of carbonyl (C=O) groups excluding carboxylic acids is 1. The van der Waals surface area contributed by atoms with Crippen molar-refractivity contribution >= 4 is 11.8 Å². The van der Waals surface area contributed by atoms with Crippen molar-refractivity contribution in [3.63, 3.8) is 0 Å². The third-order valence-electron chi connectivity index (χ3n) is 5.02. The van der Waals surface area contributed by atoms with Crippen LogP contribution in [0.15, 0.2) is 42.6 Å². The van der Waals surface area contributed by atoms with Gasteiger partial charge in [-0.3, -0.25) is 4.90 Å². The third kappa shape index (κ3) is 6.33. The van der Waals surface area contributed by atoms with Crippen LogP contribution in [0.5, 0.6) is 5.75 Å². The molecule has 2 heterocycles. The fraction of sp³-hybridized carbons (Fsp3) is 0.455. The van der Waals surface area contributed by atoms with Crippen molar-refractivity contribution in [1.29, 1.82) is 0 Å². The van der Waals surface area contributed by atoms with E-state index in [2.05, 4.69) is 14.6 Å². The molecule has 168 valence electrons. The number of likely N-dealkylation sites (N-methyl/N-ethyl adjacent to an activating group) is 1. The second-order valence-corrected chi connectivity index (χ2v) is 7.81. The molecule has 1 aromatic carbocycles. The van der Waals surface area contributed by atoms with Gasteiger partial charge in [-0.1, -0.05) is 12.1 Å². The number of anilines is 1. The molecule has 2 aromatic rings. The Hall–Kier alpha value is -2.81. The van der Waals surface area contributed by atoms with Gasteiger partial charge in [0.2, 0.25) is 0 Å². The summed E-state index contributed by atoms with van der Waals surface area (Å²) in [6.07, 6.45) is -2.47. The number of alkyl halides is 3. The SMILES string of the molecule is CC(C)OC(=O)c1cccnc1N(C)C1CCN(Cc2cccc(OC(F)(F)F)c2)C1. The summed E-state index contributed by atoms with van der Waals surface area (Å²) in [5, 5.41) is 0. The number of carbonyl (C=O) groups is 1. The number of esters is 1. The summed E-state index contributed by atoms with van der Waals surface area (Å²) in [7, 11) is 1.89. The number of ether oxygens (including phenoxy) is 2. The van der Waals surface area contributed by atoms with Crippen LogP contribution in [0.3, 0.4) is 0 Å². The Bertz CT molecular complexity index is 905. The maximum absolute atomic E-state index is 12.5. The number of nitrogens with zero attached hydrogens (tertiary/aromatic N) is 3. The van der Waals surface area contributed by atoms with Gasteiger partial charge in [0.1, 0.15) is 17.1 Å². The molecule has 1 saturated heterocycles. The second-order valence-electron chi connectivity index (χ2n) is 7.81. The van der Waals surface area contributed by atoms with Crippen LogP contribution in [0.1, 0.15) is 36.2 Å². The van der Waals surface area contributed by atoms with Crippen molar-refractivity contribution in [3.05, 3.63) is 53.7 Å². The zero-order valence-corrected chi connectivity index (χ0v) is 17.7. The summed E-state index contributed by atoms with van der Waals surface area (Å²) in [6, 6.07) is 9.53. The predicted molar refractivity (Wildman–Crippen MR) is 110 cm³/mol. The standard InChI is InChI=1S/C22H26F3N3O3/c1-15(2)30-21(29)19-8-5-10-26-20(19)27(3)17-9-11-28(14-17)13-16-6-4-7-18(12-16)31-22(23,24)25/h4-8,10,12,15,17H,9,11,13-14H2,1-3H3. The van der Waals surface area contributed by atoms with Crippen molar-refractivity contribution in [3.8, 4) is 5.75 Å². The zero-order valence-electron chi connectivity index (χ0n) is 17.7. The van der Waals surface area contributed by atoms with E-state index in [4.69, 9.17) is 4.74 Å². The molecule has 0 spiro atoms. The van der Waals surface area contributed by atoms with Gasteiger partial charge in [-0.25, -0.2) is 9.78 Å². The third-order valence-corrected chi connectivity index (χ3v) is 5.02. The van der Waals surface area contributed by atoms with Crippen molar-refractivity contribution in [1.82, 2.24) is 9.88 Å². The van der Waals surface area contributed by atoms with Crippen LogP contribution in [-0.2, 0) is 11.3 Å². The van der Waals surface area contributed by atoms with E-state index in [9.17, 15) is 18.0 Å². The molecule has 1 atom stereocenters. The molecule has 0 radical (unpaired) electrons. The Balaban J connectivity index is 1.65. The number of hydrogen-bond donors (Lipinski definition) is 0. The largest absolute Gasteiger partial charge is 0.573 e. The van der Waals surface area contributed by atoms with E-state index < -0.39 is 12.3 Å². The Morgan fingerprint density at radius 1 is 1.29 bits per heavy atom. The highest BCUT2D eigenvalue weighted by atomic mass is 19.4. The number of likely N-dealkylation sites (tertiary alicyclic amines) is 1. The number of pyridine rings is 1. The van der Waals surface area contributed by atoms with Crippen LogP contribution in [0.25, 0.3) is 0 Å². The average Bonchev–Trinajstić information content (AvgIpc) is 3.14. The van der Waals surface area contributed by atoms with Gasteiger partial charge in [-0.15, -0.1) is 13.2 Å². The molecule has 1 aliphatic heterocycles. The molecular weight excluding hydrogens is 411 g/mol. The van der Waals surface area contributed by atoms with Gasteiger partial charge in [-0.2, -0.15) is 0 Å². The first-order chi connectivity index (χ1) is 14.6. The first kappa shape index (κ1) is 22.9. The van der Waals surface area contributed by atoms with Gasteiger partial charge in [0.25, 0.3) is 0 Å². The number of aromatic nitrogens is 1. The lowest BCUT2D eigenvalue weighted by Gasteiger charge is -2.27. The van der Waals surface area contributed by atoms with Gasteiger partial charge in [-0.05, 0) is 50.1 Å². The van der Waals surface area contributed by atoms with Crippen molar-refractivity contribution in [2.45, 2.75) is 45.3 Å². The maximum Gasteiger partial charge on any atom is 0.573 e. The quantitative estimate of drug-likeness (QED) is 0.604. The van der Waals surface area contributed by atoms with E-state index in [0.29, 0.717) is 24.5 Å². The Kier molecular flexibility index (Phi) is 7.04. The van der Waals surface area contributed by atoms with Crippen molar-refractivity contribution in [2.24, 2.45) is 0 Å². The normalized spacial score (nSPS) is 17.1. The number of halogens is 3. The smallest absolute Gasteiger partial charge is 0.459 e. The molecular formula is C22H26F3N3O3. The lowest BCUT2D eigenvalue weighted by molar-refractivity contribution is -0.274. The molecule has 1 unspecified atom stereocenters. The van der Waals surface area contributed by atoms with E-state index in [0.717, 1.165) is 18.5 Å². The Labute approximate surface area is 179 Å². The average molecular weight is 437 g/mol. The summed E-state index contributed by atoms with van der Waals surface area (Å²) < 4.78 is 46.7. The van der Waals surface area contributed by atoms with E-state index in [-0.39, 0.29) is 17.9 Å². The minimum absolute atomic E-state index is 0.107. The molecule has 0 N–H and O–H groups in total. The summed E-state index contributed by atoms with van der Waals surface area (Å²) in [5.74, 6) is -0.0819. The first-order valence-electron chi connectivity index (χ1n) is 10.1. The molecule has 6 nitrogen and oxygen atoms in total. The maximum atomic E-state index is 12.5. The van der Waals surface area contributed by atoms with Crippen LogP contribution < -0.4 is 9.64 Å². The highest BCUT2D eigenvalue weighted by Gasteiger charge is 2.32. The highest BCUT2D eigenvalue weighted by Crippen LogP contribution is 2.27. The lowest BCUT2D eigenvalue weighted by atomic mass is 10.2. The Morgan fingerprint density at radius 2 is 2.06 bits per heavy atom. The summed E-state index contributed by atoms with van der Waals surface area (Å²) >= 11 is 0. The van der Waals surface area contributed by atoms with Crippen molar-refractivity contribution in [2.75, 3.05) is 25.0 Å². The summed E-state index contributed by atoms with van der Waals surface area (Å²) in [5.41, 5.74) is 1.15. The number of benzene rings is 1. The van der Waals surface area contributed by atoms with Crippen LogP contribution in [0.2, 0.25) is 0 Å². The van der Waals surface area contributed by atoms with E-state index in [1.165, 1.54) is 12.1 Å². The lowest BCUT2D eigenvalue weighted by Crippen LogP contribution is -2.36. The van der Waals surface area contributed by atoms with Gasteiger partial charge in [0.15, 0.2) is 0 Å². The van der Waals surface area contributed by atoms with Crippen LogP contribution >= 0.6 is 0 Å². The number of hydrogen-bond acceptors (Lipinski definition) is 6. The molecule has 1 fully saturated rings. The molecule has 1 aromatic heterocycles. The molecule has 0 bridgehead atoms. The van der Waals surface area contributed by atoms with E-state index in [1.54, 1.807) is 44.3 Å². The molecule has 1 aliphatic rings. The van der Waals surface area contributed by atoms with Gasteiger partial charge in [0, 0.05) is 38.9 Å². The summed E-state index contributed by atoms with van der Waals surface area (Å²) in [4.78, 5) is 21.0. The van der Waals surface area contributed by atoms with Crippen LogP contribution in [0.4, 0.5) is 19.0 Å². The molecule has 0 aliphatic carbocycles. The molecule has 0 saturated carbocycles. The zero-order chi connectivity index (χ0) is 22.6. The van der Waals surface area contributed by atoms with Gasteiger partial charge < -0.3 is 14.4 Å². The van der Waals surface area contributed by atoms with Crippen molar-refractivity contribution < 1.29 is 27.4 Å². The summed E-state index contributed by atoms with van der Waals surface area (Å²) in [6.45, 7) is 5.56. The monoisotopic (exact) mass is 437 g/mol. The number of rotatable bonds is 7. The second kappa shape index (κ2) is 9.55. The molecule has 9 heteroatoms. The van der Waals surface area contributed by atoms with Crippen LogP contribution in [0, 0.1) is 0 Å². The van der Waals surface area contributed by atoms with Gasteiger partial charge >= 0.3 is 12.3 Å². The highest BCUT2D eigenvalue weighted by molar-refractivity contribution is 5.94. The first-order valence-corrected chi connectivity index (χ1v) is 10.1. The van der Waals surface area contributed by atoms with Gasteiger partial charge in [0.05, 0.1) is 6.10 Å². The van der Waals surface area contributed by atoms with Crippen LogP contribution in [-0.4, -0.2) is 54.5 Å². The topological polar surface area (TPSA) is 54.9 Å². The fourth-order valence-electron chi connectivity index (χ4n) is 3.66. The Morgan fingerprint density at radius 3 is 2.77 bits per heavy atom. The molecule has 0 amide bonds. The molecule has 31 heavy (non-hydrogen) atoms. The van der Waals surface area contributed by atoms with E-state index >= 15 is 0 Å².